The maximum Gasteiger partial charge on any atom is 0.323 e. The summed E-state index contributed by atoms with van der Waals surface area (Å²) in [6.45, 7) is 0. The Morgan fingerprint density at radius 2 is 2.08 bits per heavy atom. The van der Waals surface area contributed by atoms with Crippen LogP contribution in [-0.4, -0.2) is 5.97 Å². The van der Waals surface area contributed by atoms with E-state index in [1.54, 1.807) is 24.3 Å². The molecular weight excluding hydrogens is 152 g/mol. The summed E-state index contributed by atoms with van der Waals surface area (Å²) in [7, 11) is 0. The molecule has 0 fully saturated rings. The van der Waals surface area contributed by atoms with E-state index in [9.17, 15) is 4.79 Å². The zero-order valence-corrected chi connectivity index (χ0v) is 6.41. The molecule has 0 spiro atoms. The van der Waals surface area contributed by atoms with Crippen molar-refractivity contribution in [3.63, 3.8) is 0 Å². The van der Waals surface area contributed by atoms with E-state index in [4.69, 9.17) is 11.2 Å². The Morgan fingerprint density at radius 3 is 2.67 bits per heavy atom. The van der Waals surface area contributed by atoms with Crippen LogP contribution in [0.15, 0.2) is 30.3 Å². The predicted octanol–water partition coefficient (Wildman–Crippen LogP) is 1.57. The van der Waals surface area contributed by atoms with Crippen LogP contribution >= 0.6 is 0 Å². The van der Waals surface area contributed by atoms with Gasteiger partial charge in [-0.1, -0.05) is 24.1 Å². The summed E-state index contributed by atoms with van der Waals surface area (Å²) in [6, 6.07) is 8.75. The number of carbonyl (C=O) groups is 1. The number of hydrogen-bond acceptors (Lipinski definition) is 2. The molecule has 2 nitrogen and oxygen atoms in total. The number of rotatable bonds is 2. The fourth-order valence-electron chi connectivity index (χ4n) is 0.728. The van der Waals surface area contributed by atoms with Gasteiger partial charge in [-0.15, -0.1) is 0 Å². The summed E-state index contributed by atoms with van der Waals surface area (Å²) < 4.78 is 4.83. The first-order valence-electron chi connectivity index (χ1n) is 3.48. The third-order valence-corrected chi connectivity index (χ3v) is 1.21. The highest BCUT2D eigenvalue weighted by atomic mass is 16.5. The van der Waals surface area contributed by atoms with E-state index < -0.39 is 5.97 Å². The molecule has 2 heteroatoms. The first-order chi connectivity index (χ1) is 5.83. The molecule has 0 saturated carbocycles. The molecule has 0 saturated heterocycles. The molecule has 0 aliphatic rings. The van der Waals surface area contributed by atoms with Crippen molar-refractivity contribution in [2.24, 2.45) is 0 Å². The van der Waals surface area contributed by atoms with Gasteiger partial charge in [-0.25, -0.2) is 0 Å². The van der Waals surface area contributed by atoms with E-state index in [2.05, 4.69) is 0 Å². The molecule has 1 radical (unpaired) electrons. The summed E-state index contributed by atoms with van der Waals surface area (Å²) in [5, 5.41) is 0. The van der Waals surface area contributed by atoms with E-state index >= 15 is 0 Å². The van der Waals surface area contributed by atoms with E-state index in [0.29, 0.717) is 5.75 Å². The summed E-state index contributed by atoms with van der Waals surface area (Å²) in [5.74, 6) is 2.00. The van der Waals surface area contributed by atoms with E-state index in [-0.39, 0.29) is 6.42 Å². The lowest BCUT2D eigenvalue weighted by Crippen LogP contribution is -2.05. The van der Waals surface area contributed by atoms with Crippen molar-refractivity contribution >= 4 is 5.97 Å². The Morgan fingerprint density at radius 1 is 1.42 bits per heavy atom. The lowest BCUT2D eigenvalue weighted by molar-refractivity contribution is -0.133. The number of esters is 1. The smallest absolute Gasteiger partial charge is 0.323 e. The molecule has 0 bridgehead atoms. The van der Waals surface area contributed by atoms with Gasteiger partial charge in [-0.2, -0.15) is 0 Å². The van der Waals surface area contributed by atoms with Gasteiger partial charge in [0.25, 0.3) is 0 Å². The van der Waals surface area contributed by atoms with Gasteiger partial charge in [0.1, 0.15) is 12.2 Å². The largest absolute Gasteiger partial charge is 0.426 e. The fraction of sp³-hybridized carbons (Fsp3) is 0.100. The predicted molar refractivity (Wildman–Crippen MR) is 43.8 cm³/mol. The van der Waals surface area contributed by atoms with Crippen LogP contribution in [0.1, 0.15) is 6.42 Å². The maximum absolute atomic E-state index is 10.8. The minimum Gasteiger partial charge on any atom is -0.426 e. The highest BCUT2D eigenvalue weighted by Gasteiger charge is 2.00. The minimum absolute atomic E-state index is 0.102. The molecule has 0 amide bonds. The van der Waals surface area contributed by atoms with E-state index in [0.717, 1.165) is 0 Å². The van der Waals surface area contributed by atoms with Crippen LogP contribution in [0.3, 0.4) is 0 Å². The average Bonchev–Trinajstić information content (AvgIpc) is 2.06. The molecular formula is C10H7O2. The van der Waals surface area contributed by atoms with Crippen LogP contribution in [-0.2, 0) is 4.79 Å². The molecule has 12 heavy (non-hydrogen) atoms. The Bertz CT molecular complexity index is 295. The first kappa shape index (κ1) is 8.35. The topological polar surface area (TPSA) is 26.3 Å². The Kier molecular flexibility index (Phi) is 2.92. The van der Waals surface area contributed by atoms with Crippen molar-refractivity contribution in [1.29, 1.82) is 0 Å². The standard InChI is InChI=1S/C10H7O2/c1-2-6-10(11)12-9-7-4-3-5-8-9/h3-5,7-8H,6H2. The SMILES string of the molecule is [C]#CCC(=O)Oc1ccccc1. The number of ether oxygens (including phenoxy) is 1. The summed E-state index contributed by atoms with van der Waals surface area (Å²) in [5.41, 5.74) is 0. The van der Waals surface area contributed by atoms with Crippen LogP contribution in [0, 0.1) is 12.3 Å². The van der Waals surface area contributed by atoms with Crippen LogP contribution in [0.2, 0.25) is 0 Å². The van der Waals surface area contributed by atoms with Crippen molar-refractivity contribution in [1.82, 2.24) is 0 Å². The maximum atomic E-state index is 10.8. The Labute approximate surface area is 71.2 Å². The third-order valence-electron chi connectivity index (χ3n) is 1.21. The number of hydrogen-bond donors (Lipinski definition) is 0. The highest BCUT2D eigenvalue weighted by molar-refractivity contribution is 5.74. The second-order valence-corrected chi connectivity index (χ2v) is 2.14. The molecule has 1 aromatic rings. The molecule has 0 aliphatic heterocycles. The van der Waals surface area contributed by atoms with Gasteiger partial charge in [0.2, 0.25) is 0 Å². The fourth-order valence-corrected chi connectivity index (χ4v) is 0.728. The van der Waals surface area contributed by atoms with Crippen LogP contribution in [0.25, 0.3) is 0 Å². The van der Waals surface area contributed by atoms with Gasteiger partial charge < -0.3 is 4.74 Å². The van der Waals surface area contributed by atoms with Gasteiger partial charge in [-0.3, -0.25) is 4.79 Å². The van der Waals surface area contributed by atoms with Crippen molar-refractivity contribution < 1.29 is 9.53 Å². The summed E-state index contributed by atoms with van der Waals surface area (Å²) >= 11 is 0. The molecule has 1 aromatic carbocycles. The molecule has 59 valence electrons. The van der Waals surface area contributed by atoms with Crippen LogP contribution in [0.4, 0.5) is 0 Å². The van der Waals surface area contributed by atoms with E-state index in [1.165, 1.54) is 0 Å². The van der Waals surface area contributed by atoms with Gasteiger partial charge in [-0.05, 0) is 18.6 Å². The molecule has 0 aliphatic carbocycles. The minimum atomic E-state index is -0.462. The summed E-state index contributed by atoms with van der Waals surface area (Å²) in [6.07, 6.45) is 6.45. The van der Waals surface area contributed by atoms with Crippen LogP contribution < -0.4 is 4.74 Å². The van der Waals surface area contributed by atoms with Gasteiger partial charge in [0, 0.05) is 0 Å². The highest BCUT2D eigenvalue weighted by Crippen LogP contribution is 2.08. The zero-order valence-electron chi connectivity index (χ0n) is 6.41. The lowest BCUT2D eigenvalue weighted by atomic mass is 10.3. The molecule has 0 unspecified atom stereocenters. The van der Waals surface area contributed by atoms with Gasteiger partial charge >= 0.3 is 5.97 Å². The Balaban J connectivity index is 2.54. The summed E-state index contributed by atoms with van der Waals surface area (Å²) in [4.78, 5) is 10.8. The van der Waals surface area contributed by atoms with Crippen molar-refractivity contribution in [3.05, 3.63) is 36.8 Å². The molecule has 0 atom stereocenters. The number of carbonyl (C=O) groups excluding carboxylic acids is 1. The zero-order chi connectivity index (χ0) is 8.81. The van der Waals surface area contributed by atoms with Crippen LogP contribution in [0.5, 0.6) is 5.75 Å². The number of benzene rings is 1. The Hall–Kier alpha value is -1.75. The normalized spacial score (nSPS) is 8.58. The second-order valence-electron chi connectivity index (χ2n) is 2.14. The lowest BCUT2D eigenvalue weighted by Gasteiger charge is -1.99. The number of para-hydroxylation sites is 1. The molecule has 0 aromatic heterocycles. The molecule has 0 heterocycles. The van der Waals surface area contributed by atoms with E-state index in [1.807, 2.05) is 12.0 Å². The molecule has 1 rings (SSSR count). The monoisotopic (exact) mass is 159 g/mol. The quantitative estimate of drug-likeness (QED) is 0.372. The third kappa shape index (κ3) is 2.47. The second kappa shape index (κ2) is 4.20. The van der Waals surface area contributed by atoms with Gasteiger partial charge in [0.15, 0.2) is 0 Å². The first-order valence-corrected chi connectivity index (χ1v) is 3.48. The van der Waals surface area contributed by atoms with Gasteiger partial charge in [0.05, 0.1) is 0 Å². The average molecular weight is 159 g/mol. The molecule has 0 N–H and O–H groups in total. The van der Waals surface area contributed by atoms with Crippen molar-refractivity contribution in [2.45, 2.75) is 6.42 Å². The van der Waals surface area contributed by atoms with Crippen molar-refractivity contribution in [3.8, 4) is 11.7 Å². The van der Waals surface area contributed by atoms with Crippen molar-refractivity contribution in [2.75, 3.05) is 0 Å².